The second kappa shape index (κ2) is 8.97. The molecule has 158 valence electrons. The number of piperazine rings is 1. The number of thiophene rings is 1. The lowest BCUT2D eigenvalue weighted by Crippen LogP contribution is -2.56. The van der Waals surface area contributed by atoms with E-state index in [-0.39, 0.29) is 30.3 Å². The second-order valence-corrected chi connectivity index (χ2v) is 8.61. The molecule has 0 spiro atoms. The van der Waals surface area contributed by atoms with Gasteiger partial charge < -0.3 is 15.1 Å². The highest BCUT2D eigenvalue weighted by atomic mass is 32.1. The monoisotopic (exact) mass is 426 g/mol. The van der Waals surface area contributed by atoms with Crippen molar-refractivity contribution in [2.75, 3.05) is 39.8 Å². The van der Waals surface area contributed by atoms with Crippen LogP contribution in [-0.2, 0) is 22.6 Å². The molecule has 2 aliphatic heterocycles. The molecule has 0 bridgehead atoms. The molecule has 30 heavy (non-hydrogen) atoms. The Hall–Kier alpha value is -2.71. The molecule has 8 heteroatoms. The molecule has 1 saturated heterocycles. The number of nitrogens with zero attached hydrogens (tertiary/aromatic N) is 3. The van der Waals surface area contributed by atoms with Gasteiger partial charge in [-0.05, 0) is 29.0 Å². The third-order valence-corrected chi connectivity index (χ3v) is 6.74. The summed E-state index contributed by atoms with van der Waals surface area (Å²) in [5, 5.41) is 4.63. The molecule has 1 atom stereocenters. The summed E-state index contributed by atoms with van der Waals surface area (Å²) >= 11 is 1.44. The van der Waals surface area contributed by atoms with Gasteiger partial charge in [-0.2, -0.15) is 0 Å². The highest BCUT2D eigenvalue weighted by Crippen LogP contribution is 2.23. The second-order valence-electron chi connectivity index (χ2n) is 7.66. The van der Waals surface area contributed by atoms with E-state index in [9.17, 15) is 14.4 Å². The SMILES string of the molecule is CNC(=O)C1Cc2ccccc2CN1CC(=O)N1CCN(C(=O)c2cccs2)CC1. The first-order valence-corrected chi connectivity index (χ1v) is 11.1. The van der Waals surface area contributed by atoms with Gasteiger partial charge in [0.25, 0.3) is 5.91 Å². The van der Waals surface area contributed by atoms with E-state index in [1.807, 2.05) is 40.6 Å². The van der Waals surface area contributed by atoms with Crippen LogP contribution in [0.15, 0.2) is 41.8 Å². The molecular weight excluding hydrogens is 400 g/mol. The Bertz CT molecular complexity index is 922. The Kier molecular flexibility index (Phi) is 6.15. The molecule has 0 radical (unpaired) electrons. The number of carbonyl (C=O) groups is 3. The fourth-order valence-electron chi connectivity index (χ4n) is 4.16. The first-order valence-electron chi connectivity index (χ1n) is 10.2. The highest BCUT2D eigenvalue weighted by Gasteiger charge is 2.34. The van der Waals surface area contributed by atoms with Crippen molar-refractivity contribution in [3.8, 4) is 0 Å². The Morgan fingerprint density at radius 2 is 1.70 bits per heavy atom. The first-order chi connectivity index (χ1) is 14.6. The summed E-state index contributed by atoms with van der Waals surface area (Å²) in [6.07, 6.45) is 0.603. The third-order valence-electron chi connectivity index (χ3n) is 5.88. The van der Waals surface area contributed by atoms with Crippen molar-refractivity contribution in [2.24, 2.45) is 0 Å². The van der Waals surface area contributed by atoms with Crippen molar-refractivity contribution in [1.82, 2.24) is 20.0 Å². The van der Waals surface area contributed by atoms with E-state index >= 15 is 0 Å². The highest BCUT2D eigenvalue weighted by molar-refractivity contribution is 7.12. The molecule has 2 aromatic rings. The topological polar surface area (TPSA) is 73.0 Å². The van der Waals surface area contributed by atoms with E-state index in [1.54, 1.807) is 16.8 Å². The Morgan fingerprint density at radius 1 is 1.00 bits per heavy atom. The van der Waals surface area contributed by atoms with Crippen LogP contribution in [0.2, 0.25) is 0 Å². The van der Waals surface area contributed by atoms with Crippen LogP contribution in [0.1, 0.15) is 20.8 Å². The first kappa shape index (κ1) is 20.6. The summed E-state index contributed by atoms with van der Waals surface area (Å²) in [5.74, 6) is -0.0282. The van der Waals surface area contributed by atoms with E-state index in [0.717, 1.165) is 16.0 Å². The zero-order valence-electron chi connectivity index (χ0n) is 17.0. The molecule has 7 nitrogen and oxygen atoms in total. The van der Waals surface area contributed by atoms with Crippen LogP contribution < -0.4 is 5.32 Å². The van der Waals surface area contributed by atoms with Gasteiger partial charge in [0.05, 0.1) is 17.5 Å². The Balaban J connectivity index is 1.38. The lowest BCUT2D eigenvalue weighted by molar-refractivity contribution is -0.136. The number of fused-ring (bicyclic) bond motifs is 1. The van der Waals surface area contributed by atoms with Crippen LogP contribution in [0.4, 0.5) is 0 Å². The zero-order valence-corrected chi connectivity index (χ0v) is 17.9. The molecule has 1 fully saturated rings. The molecule has 2 aliphatic rings. The lowest BCUT2D eigenvalue weighted by Gasteiger charge is -2.38. The average molecular weight is 427 g/mol. The molecule has 1 N–H and O–H groups in total. The average Bonchev–Trinajstić information content (AvgIpc) is 3.32. The summed E-state index contributed by atoms with van der Waals surface area (Å²) in [7, 11) is 1.63. The molecule has 1 unspecified atom stereocenters. The van der Waals surface area contributed by atoms with Gasteiger partial charge in [-0.25, -0.2) is 0 Å². The van der Waals surface area contributed by atoms with Gasteiger partial charge in [-0.15, -0.1) is 11.3 Å². The van der Waals surface area contributed by atoms with Crippen molar-refractivity contribution in [3.05, 3.63) is 57.8 Å². The Labute approximate surface area is 180 Å². The Morgan fingerprint density at radius 3 is 2.37 bits per heavy atom. The van der Waals surface area contributed by atoms with Gasteiger partial charge in [-0.1, -0.05) is 30.3 Å². The predicted octanol–water partition coefficient (Wildman–Crippen LogP) is 1.21. The van der Waals surface area contributed by atoms with Crippen LogP contribution in [0.5, 0.6) is 0 Å². The lowest BCUT2D eigenvalue weighted by atomic mass is 9.93. The third kappa shape index (κ3) is 4.24. The van der Waals surface area contributed by atoms with Crippen molar-refractivity contribution in [1.29, 1.82) is 0 Å². The number of amides is 3. The predicted molar refractivity (Wildman–Crippen MR) is 115 cm³/mol. The van der Waals surface area contributed by atoms with Gasteiger partial charge in [0.15, 0.2) is 0 Å². The molecule has 0 saturated carbocycles. The minimum absolute atomic E-state index is 0.00602. The molecule has 3 amide bonds. The minimum atomic E-state index is -0.351. The van der Waals surface area contributed by atoms with E-state index in [0.29, 0.717) is 39.1 Å². The van der Waals surface area contributed by atoms with E-state index in [2.05, 4.69) is 11.4 Å². The van der Waals surface area contributed by atoms with Crippen molar-refractivity contribution in [2.45, 2.75) is 19.0 Å². The fourth-order valence-corrected chi connectivity index (χ4v) is 4.85. The quantitative estimate of drug-likeness (QED) is 0.798. The van der Waals surface area contributed by atoms with Gasteiger partial charge >= 0.3 is 0 Å². The van der Waals surface area contributed by atoms with Gasteiger partial charge in [0.1, 0.15) is 0 Å². The molecular formula is C22H26N4O3S. The van der Waals surface area contributed by atoms with E-state index in [4.69, 9.17) is 0 Å². The molecule has 0 aliphatic carbocycles. The van der Waals surface area contributed by atoms with Crippen LogP contribution in [0.3, 0.4) is 0 Å². The summed E-state index contributed by atoms with van der Waals surface area (Å²) in [5.41, 5.74) is 2.33. The standard InChI is InChI=1S/C22H26N4O3S/c1-23-21(28)18-13-16-5-2-3-6-17(16)14-26(18)15-20(27)24-8-10-25(11-9-24)22(29)19-7-4-12-30-19/h2-7,12,18H,8-11,13-15H2,1H3,(H,23,28). The van der Waals surface area contributed by atoms with Crippen LogP contribution in [-0.4, -0.2) is 78.2 Å². The fraction of sp³-hybridized carbons (Fsp3) is 0.409. The number of hydrogen-bond acceptors (Lipinski definition) is 5. The summed E-state index contributed by atoms with van der Waals surface area (Å²) in [6, 6.07) is 11.4. The van der Waals surface area contributed by atoms with E-state index < -0.39 is 0 Å². The number of carbonyl (C=O) groups excluding carboxylic acids is 3. The summed E-state index contributed by atoms with van der Waals surface area (Å²) in [6.45, 7) is 2.88. The number of rotatable bonds is 4. The molecule has 1 aromatic heterocycles. The maximum absolute atomic E-state index is 13.0. The number of hydrogen-bond donors (Lipinski definition) is 1. The maximum atomic E-state index is 13.0. The molecule has 4 rings (SSSR count). The minimum Gasteiger partial charge on any atom is -0.358 e. The summed E-state index contributed by atoms with van der Waals surface area (Å²) < 4.78 is 0. The van der Waals surface area contributed by atoms with Crippen molar-refractivity contribution >= 4 is 29.1 Å². The van der Waals surface area contributed by atoms with Crippen LogP contribution in [0, 0.1) is 0 Å². The summed E-state index contributed by atoms with van der Waals surface area (Å²) in [4.78, 5) is 44.3. The number of benzene rings is 1. The van der Waals surface area contributed by atoms with Crippen molar-refractivity contribution in [3.63, 3.8) is 0 Å². The normalized spacial score (nSPS) is 19.3. The molecule has 3 heterocycles. The van der Waals surface area contributed by atoms with Gasteiger partial charge in [-0.3, -0.25) is 19.3 Å². The van der Waals surface area contributed by atoms with Crippen LogP contribution >= 0.6 is 11.3 Å². The van der Waals surface area contributed by atoms with E-state index in [1.165, 1.54) is 11.3 Å². The van der Waals surface area contributed by atoms with Crippen LogP contribution in [0.25, 0.3) is 0 Å². The number of likely N-dealkylation sites (N-methyl/N-ethyl adjacent to an activating group) is 1. The maximum Gasteiger partial charge on any atom is 0.264 e. The zero-order chi connectivity index (χ0) is 21.1. The van der Waals surface area contributed by atoms with Gasteiger partial charge in [0.2, 0.25) is 11.8 Å². The number of nitrogens with one attached hydrogen (secondary N) is 1. The largest absolute Gasteiger partial charge is 0.358 e. The van der Waals surface area contributed by atoms with Gasteiger partial charge in [0, 0.05) is 39.8 Å². The smallest absolute Gasteiger partial charge is 0.264 e. The van der Waals surface area contributed by atoms with Crippen molar-refractivity contribution < 1.29 is 14.4 Å². The molecule has 1 aromatic carbocycles.